The first kappa shape index (κ1) is 14.7. The summed E-state index contributed by atoms with van der Waals surface area (Å²) in [6.45, 7) is 6.26. The summed E-state index contributed by atoms with van der Waals surface area (Å²) in [5.74, 6) is -0.427. The molecule has 0 aromatic heterocycles. The summed E-state index contributed by atoms with van der Waals surface area (Å²) >= 11 is 0. The van der Waals surface area contributed by atoms with Gasteiger partial charge in [-0.1, -0.05) is 6.92 Å². The zero-order valence-corrected chi connectivity index (χ0v) is 10.2. The van der Waals surface area contributed by atoms with Crippen LogP contribution in [0.5, 0.6) is 0 Å². The first-order chi connectivity index (χ1) is 7.60. The molecule has 0 aromatic rings. The molecule has 0 saturated carbocycles. The van der Waals surface area contributed by atoms with Crippen molar-refractivity contribution in [1.29, 1.82) is 0 Å². The third-order valence-corrected chi connectivity index (χ3v) is 2.02. The molecular formula is C10H21N3O3. The van der Waals surface area contributed by atoms with Crippen LogP contribution in [0.2, 0.25) is 0 Å². The van der Waals surface area contributed by atoms with Crippen LogP contribution in [0.3, 0.4) is 0 Å². The van der Waals surface area contributed by atoms with E-state index in [1.54, 1.807) is 6.92 Å². The molecule has 16 heavy (non-hydrogen) atoms. The SMILES string of the molecule is CCOC(=O)CNC(=O)NCCN(C)CC. The molecule has 6 heteroatoms. The van der Waals surface area contributed by atoms with Gasteiger partial charge in [-0.3, -0.25) is 4.79 Å². The fourth-order valence-electron chi connectivity index (χ4n) is 0.945. The molecule has 0 aliphatic heterocycles. The summed E-state index contributed by atoms with van der Waals surface area (Å²) in [7, 11) is 1.97. The third-order valence-electron chi connectivity index (χ3n) is 2.02. The Hall–Kier alpha value is -1.30. The maximum Gasteiger partial charge on any atom is 0.325 e. The Morgan fingerprint density at radius 3 is 2.50 bits per heavy atom. The van der Waals surface area contributed by atoms with E-state index in [1.807, 2.05) is 14.0 Å². The number of urea groups is 1. The summed E-state index contributed by atoms with van der Waals surface area (Å²) in [5, 5.41) is 5.06. The molecule has 6 nitrogen and oxygen atoms in total. The molecule has 0 unspecified atom stereocenters. The second-order valence-corrected chi connectivity index (χ2v) is 3.31. The minimum absolute atomic E-state index is 0.0940. The highest BCUT2D eigenvalue weighted by atomic mass is 16.5. The average molecular weight is 231 g/mol. The van der Waals surface area contributed by atoms with Gasteiger partial charge in [-0.25, -0.2) is 4.79 Å². The highest BCUT2D eigenvalue weighted by molar-refractivity contribution is 5.80. The number of hydrogen-bond donors (Lipinski definition) is 2. The van der Waals surface area contributed by atoms with Gasteiger partial charge >= 0.3 is 12.0 Å². The second kappa shape index (κ2) is 8.96. The van der Waals surface area contributed by atoms with Crippen LogP contribution in [-0.2, 0) is 9.53 Å². The number of esters is 1. The molecule has 0 rings (SSSR count). The van der Waals surface area contributed by atoms with E-state index in [-0.39, 0.29) is 12.6 Å². The van der Waals surface area contributed by atoms with Gasteiger partial charge in [0, 0.05) is 13.1 Å². The number of likely N-dealkylation sites (N-methyl/N-ethyl adjacent to an activating group) is 1. The molecule has 0 atom stereocenters. The van der Waals surface area contributed by atoms with E-state index in [9.17, 15) is 9.59 Å². The van der Waals surface area contributed by atoms with Crippen molar-refractivity contribution in [3.8, 4) is 0 Å². The van der Waals surface area contributed by atoms with Gasteiger partial charge in [0.15, 0.2) is 0 Å². The predicted molar refractivity (Wildman–Crippen MR) is 61.2 cm³/mol. The molecule has 0 spiro atoms. The lowest BCUT2D eigenvalue weighted by molar-refractivity contribution is -0.141. The zero-order valence-electron chi connectivity index (χ0n) is 10.2. The van der Waals surface area contributed by atoms with Crippen LogP contribution < -0.4 is 10.6 Å². The van der Waals surface area contributed by atoms with Gasteiger partial charge in [-0.15, -0.1) is 0 Å². The Morgan fingerprint density at radius 1 is 1.25 bits per heavy atom. The van der Waals surface area contributed by atoms with Crippen LogP contribution in [0.1, 0.15) is 13.8 Å². The minimum Gasteiger partial charge on any atom is -0.465 e. The Labute approximate surface area is 96.3 Å². The van der Waals surface area contributed by atoms with Gasteiger partial charge in [0.1, 0.15) is 6.54 Å². The Morgan fingerprint density at radius 2 is 1.94 bits per heavy atom. The standard InChI is InChI=1S/C10H21N3O3/c1-4-13(3)7-6-11-10(15)12-8-9(14)16-5-2/h4-8H2,1-3H3,(H2,11,12,15). The Bertz CT molecular complexity index is 221. The fraction of sp³-hybridized carbons (Fsp3) is 0.800. The van der Waals surface area contributed by atoms with Gasteiger partial charge in [0.2, 0.25) is 0 Å². The van der Waals surface area contributed by atoms with Crippen LogP contribution in [0.25, 0.3) is 0 Å². The highest BCUT2D eigenvalue weighted by Gasteiger charge is 2.04. The lowest BCUT2D eigenvalue weighted by Gasteiger charge is -2.14. The number of ether oxygens (including phenoxy) is 1. The van der Waals surface area contributed by atoms with Crippen molar-refractivity contribution in [3.05, 3.63) is 0 Å². The molecule has 0 saturated heterocycles. The number of carbonyl (C=O) groups excluding carboxylic acids is 2. The largest absolute Gasteiger partial charge is 0.465 e. The topological polar surface area (TPSA) is 70.7 Å². The van der Waals surface area contributed by atoms with Crippen LogP contribution in [0.15, 0.2) is 0 Å². The predicted octanol–water partition coefficient (Wildman–Crippen LogP) is -0.200. The molecule has 0 aliphatic rings. The molecule has 0 fully saturated rings. The fourth-order valence-corrected chi connectivity index (χ4v) is 0.945. The van der Waals surface area contributed by atoms with Gasteiger partial charge in [-0.05, 0) is 20.5 Å². The minimum atomic E-state index is -0.427. The smallest absolute Gasteiger partial charge is 0.325 e. The van der Waals surface area contributed by atoms with Crippen LogP contribution >= 0.6 is 0 Å². The normalized spacial score (nSPS) is 10.0. The van der Waals surface area contributed by atoms with Crippen molar-refractivity contribution in [2.75, 3.05) is 39.8 Å². The number of hydrogen-bond acceptors (Lipinski definition) is 4. The number of nitrogens with one attached hydrogen (secondary N) is 2. The maximum absolute atomic E-state index is 11.2. The van der Waals surface area contributed by atoms with Crippen molar-refractivity contribution in [3.63, 3.8) is 0 Å². The van der Waals surface area contributed by atoms with Gasteiger partial charge in [-0.2, -0.15) is 0 Å². The molecule has 0 bridgehead atoms. The van der Waals surface area contributed by atoms with E-state index in [4.69, 9.17) is 0 Å². The monoisotopic (exact) mass is 231 g/mol. The molecule has 2 N–H and O–H groups in total. The van der Waals surface area contributed by atoms with Gasteiger partial charge in [0.05, 0.1) is 6.61 Å². The highest BCUT2D eigenvalue weighted by Crippen LogP contribution is 1.78. The van der Waals surface area contributed by atoms with E-state index in [2.05, 4.69) is 20.3 Å². The Balaban J connectivity index is 3.48. The van der Waals surface area contributed by atoms with E-state index in [0.717, 1.165) is 13.1 Å². The van der Waals surface area contributed by atoms with Crippen molar-refractivity contribution in [2.45, 2.75) is 13.8 Å². The quantitative estimate of drug-likeness (QED) is 0.595. The number of carbonyl (C=O) groups is 2. The number of amides is 2. The lowest BCUT2D eigenvalue weighted by atomic mass is 10.5. The van der Waals surface area contributed by atoms with Gasteiger partial charge in [0.25, 0.3) is 0 Å². The number of rotatable bonds is 7. The lowest BCUT2D eigenvalue weighted by Crippen LogP contribution is -2.41. The van der Waals surface area contributed by atoms with Crippen molar-refractivity contribution in [1.82, 2.24) is 15.5 Å². The molecule has 0 aromatic carbocycles. The summed E-state index contributed by atoms with van der Waals surface area (Å²) in [6, 6.07) is -0.349. The van der Waals surface area contributed by atoms with E-state index in [1.165, 1.54) is 0 Å². The zero-order chi connectivity index (χ0) is 12.4. The summed E-state index contributed by atoms with van der Waals surface area (Å²) in [4.78, 5) is 24.2. The van der Waals surface area contributed by atoms with Crippen molar-refractivity contribution in [2.24, 2.45) is 0 Å². The molecule has 94 valence electrons. The van der Waals surface area contributed by atoms with Gasteiger partial charge < -0.3 is 20.3 Å². The van der Waals surface area contributed by atoms with E-state index in [0.29, 0.717) is 13.2 Å². The second-order valence-electron chi connectivity index (χ2n) is 3.31. The van der Waals surface area contributed by atoms with Crippen LogP contribution in [0, 0.1) is 0 Å². The summed E-state index contributed by atoms with van der Waals surface area (Å²) in [6.07, 6.45) is 0. The molecule has 2 amide bonds. The molecular weight excluding hydrogens is 210 g/mol. The van der Waals surface area contributed by atoms with Crippen LogP contribution in [0.4, 0.5) is 4.79 Å². The Kier molecular flexibility index (Phi) is 8.24. The van der Waals surface area contributed by atoms with Crippen molar-refractivity contribution >= 4 is 12.0 Å². The summed E-state index contributed by atoms with van der Waals surface area (Å²) < 4.78 is 4.66. The third kappa shape index (κ3) is 8.05. The van der Waals surface area contributed by atoms with Crippen LogP contribution in [-0.4, -0.2) is 56.7 Å². The molecule has 0 heterocycles. The maximum atomic E-state index is 11.2. The van der Waals surface area contributed by atoms with E-state index >= 15 is 0 Å². The first-order valence-electron chi connectivity index (χ1n) is 5.46. The average Bonchev–Trinajstić information content (AvgIpc) is 2.26. The number of nitrogens with zero attached hydrogens (tertiary/aromatic N) is 1. The summed E-state index contributed by atoms with van der Waals surface area (Å²) in [5.41, 5.74) is 0. The molecule has 0 radical (unpaired) electrons. The first-order valence-corrected chi connectivity index (χ1v) is 5.46. The van der Waals surface area contributed by atoms with Crippen molar-refractivity contribution < 1.29 is 14.3 Å². The van der Waals surface area contributed by atoms with E-state index < -0.39 is 5.97 Å². The molecule has 0 aliphatic carbocycles.